The predicted molar refractivity (Wildman–Crippen MR) is 80.6 cm³/mol. The lowest BCUT2D eigenvalue weighted by Crippen LogP contribution is -2.09. The third-order valence-electron chi connectivity index (χ3n) is 3.37. The maximum atomic E-state index is 13.1. The van der Waals surface area contributed by atoms with Crippen LogP contribution in [0.4, 0.5) is 10.1 Å². The molecule has 0 aliphatic carbocycles. The van der Waals surface area contributed by atoms with Crippen molar-refractivity contribution in [3.63, 3.8) is 0 Å². The van der Waals surface area contributed by atoms with Crippen molar-refractivity contribution in [1.29, 1.82) is 0 Å². The molecule has 5 heteroatoms. The molecule has 0 aliphatic heterocycles. The van der Waals surface area contributed by atoms with Gasteiger partial charge in [0, 0.05) is 11.9 Å². The van der Waals surface area contributed by atoms with Crippen molar-refractivity contribution < 1.29 is 4.39 Å². The maximum Gasteiger partial charge on any atom is 0.141 e. The van der Waals surface area contributed by atoms with E-state index in [1.165, 1.54) is 6.07 Å². The summed E-state index contributed by atoms with van der Waals surface area (Å²) < 4.78 is 15.1. The van der Waals surface area contributed by atoms with Gasteiger partial charge in [0.2, 0.25) is 0 Å². The highest BCUT2D eigenvalue weighted by Crippen LogP contribution is 2.20. The van der Waals surface area contributed by atoms with Crippen molar-refractivity contribution in [2.75, 3.05) is 5.32 Å². The van der Waals surface area contributed by atoms with Crippen LogP contribution in [-0.4, -0.2) is 9.78 Å². The number of hydrogen-bond donors (Lipinski definition) is 1. The van der Waals surface area contributed by atoms with Gasteiger partial charge >= 0.3 is 0 Å². The lowest BCUT2D eigenvalue weighted by atomic mass is 10.2. The molecule has 2 aromatic rings. The first-order valence-electron chi connectivity index (χ1n) is 6.87. The molecule has 0 aliphatic rings. The summed E-state index contributed by atoms with van der Waals surface area (Å²) in [6.45, 7) is 4.91. The van der Waals surface area contributed by atoms with Crippen LogP contribution in [0.5, 0.6) is 0 Å². The van der Waals surface area contributed by atoms with Crippen molar-refractivity contribution in [1.82, 2.24) is 9.78 Å². The Labute approximate surface area is 123 Å². The smallest absolute Gasteiger partial charge is 0.141 e. The zero-order valence-corrected chi connectivity index (χ0v) is 12.5. The fourth-order valence-electron chi connectivity index (χ4n) is 2.14. The minimum Gasteiger partial charge on any atom is -0.379 e. The summed E-state index contributed by atoms with van der Waals surface area (Å²) in [6.07, 6.45) is 4.14. The van der Waals surface area contributed by atoms with Crippen molar-refractivity contribution in [3.05, 3.63) is 47.0 Å². The van der Waals surface area contributed by atoms with Crippen LogP contribution in [0.2, 0.25) is 5.02 Å². The molecule has 0 atom stereocenters. The molecular weight excluding hydrogens is 277 g/mol. The molecule has 0 bridgehead atoms. The molecule has 1 N–H and O–H groups in total. The fourth-order valence-corrected chi connectivity index (χ4v) is 2.32. The van der Waals surface area contributed by atoms with Gasteiger partial charge in [0.05, 0.1) is 23.3 Å². The van der Waals surface area contributed by atoms with Crippen molar-refractivity contribution >= 4 is 17.3 Å². The van der Waals surface area contributed by atoms with Crippen LogP contribution in [0.25, 0.3) is 0 Å². The van der Waals surface area contributed by atoms with Gasteiger partial charge in [-0.25, -0.2) is 4.39 Å². The van der Waals surface area contributed by atoms with Gasteiger partial charge < -0.3 is 5.32 Å². The summed E-state index contributed by atoms with van der Waals surface area (Å²) in [5, 5.41) is 7.87. The average molecular weight is 296 g/mol. The minimum atomic E-state index is -0.407. The van der Waals surface area contributed by atoms with Gasteiger partial charge in [0.1, 0.15) is 5.82 Å². The van der Waals surface area contributed by atoms with Crippen LogP contribution in [0.3, 0.4) is 0 Å². The fraction of sp³-hybridized carbons (Fsp3) is 0.400. The van der Waals surface area contributed by atoms with E-state index in [1.54, 1.807) is 12.1 Å². The maximum absolute atomic E-state index is 13.1. The first-order valence-corrected chi connectivity index (χ1v) is 7.24. The number of benzene rings is 1. The van der Waals surface area contributed by atoms with Crippen molar-refractivity contribution in [2.45, 2.75) is 39.3 Å². The van der Waals surface area contributed by atoms with Gasteiger partial charge in [-0.3, -0.25) is 4.68 Å². The predicted octanol–water partition coefficient (Wildman–Crippen LogP) is 4.65. The molecule has 2 rings (SSSR count). The molecule has 20 heavy (non-hydrogen) atoms. The number of aromatic nitrogens is 2. The molecule has 1 aromatic heterocycles. The van der Waals surface area contributed by atoms with E-state index in [2.05, 4.69) is 24.3 Å². The van der Waals surface area contributed by atoms with Crippen molar-refractivity contribution in [2.24, 2.45) is 0 Å². The van der Waals surface area contributed by atoms with E-state index in [4.69, 9.17) is 11.6 Å². The van der Waals surface area contributed by atoms with Crippen molar-refractivity contribution in [3.8, 4) is 0 Å². The summed E-state index contributed by atoms with van der Waals surface area (Å²) in [5.74, 6) is -0.407. The van der Waals surface area contributed by atoms with E-state index in [0.717, 1.165) is 24.2 Å². The van der Waals surface area contributed by atoms with Gasteiger partial charge in [-0.2, -0.15) is 5.10 Å². The van der Waals surface area contributed by atoms with Crippen LogP contribution in [0.15, 0.2) is 30.5 Å². The van der Waals surface area contributed by atoms with Gasteiger partial charge in [-0.1, -0.05) is 25.4 Å². The molecule has 0 saturated carbocycles. The van der Waals surface area contributed by atoms with Crippen LogP contribution in [-0.2, 0) is 6.54 Å². The number of halogens is 2. The van der Waals surface area contributed by atoms with Gasteiger partial charge in [-0.15, -0.1) is 0 Å². The second kappa shape index (κ2) is 6.75. The standard InChI is InChI=1S/C15H19ClFN3/c1-3-13(4-2)20-8-7-12(19-20)10-18-11-5-6-15(17)14(16)9-11/h5-9,13,18H,3-4,10H2,1-2H3. The highest BCUT2D eigenvalue weighted by atomic mass is 35.5. The summed E-state index contributed by atoms with van der Waals surface area (Å²) in [7, 11) is 0. The van der Waals surface area contributed by atoms with Crippen LogP contribution >= 0.6 is 11.6 Å². The summed E-state index contributed by atoms with van der Waals surface area (Å²) in [6, 6.07) is 7.04. The van der Waals surface area contributed by atoms with Gasteiger partial charge in [0.25, 0.3) is 0 Å². The SMILES string of the molecule is CCC(CC)n1ccc(CNc2ccc(F)c(Cl)c2)n1. The largest absolute Gasteiger partial charge is 0.379 e. The first kappa shape index (κ1) is 14.9. The van der Waals surface area contributed by atoms with E-state index >= 15 is 0 Å². The van der Waals surface area contributed by atoms with Crippen LogP contribution < -0.4 is 5.32 Å². The van der Waals surface area contributed by atoms with E-state index in [1.807, 2.05) is 16.9 Å². The Morgan fingerprint density at radius 3 is 2.70 bits per heavy atom. The Morgan fingerprint density at radius 2 is 2.05 bits per heavy atom. The molecule has 3 nitrogen and oxygen atoms in total. The minimum absolute atomic E-state index is 0.123. The van der Waals surface area contributed by atoms with E-state index in [0.29, 0.717) is 12.6 Å². The van der Waals surface area contributed by atoms with Gasteiger partial charge in [0.15, 0.2) is 0 Å². The monoisotopic (exact) mass is 295 g/mol. The third-order valence-corrected chi connectivity index (χ3v) is 3.66. The summed E-state index contributed by atoms with van der Waals surface area (Å²) in [4.78, 5) is 0. The first-order chi connectivity index (χ1) is 9.63. The number of hydrogen-bond acceptors (Lipinski definition) is 2. The molecule has 0 spiro atoms. The Hall–Kier alpha value is -1.55. The Kier molecular flexibility index (Phi) is 5.01. The second-order valence-electron chi connectivity index (χ2n) is 4.74. The zero-order valence-electron chi connectivity index (χ0n) is 11.7. The second-order valence-corrected chi connectivity index (χ2v) is 5.15. The quantitative estimate of drug-likeness (QED) is 0.841. The molecule has 0 saturated heterocycles. The highest BCUT2D eigenvalue weighted by Gasteiger charge is 2.08. The van der Waals surface area contributed by atoms with Gasteiger partial charge in [-0.05, 0) is 37.1 Å². The number of anilines is 1. The normalized spacial score (nSPS) is 11.1. The molecule has 0 unspecified atom stereocenters. The molecule has 108 valence electrons. The van der Waals surface area contributed by atoms with E-state index < -0.39 is 5.82 Å². The zero-order chi connectivity index (χ0) is 14.5. The molecule has 1 aromatic carbocycles. The van der Waals surface area contributed by atoms with Crippen LogP contribution in [0, 0.1) is 5.82 Å². The highest BCUT2D eigenvalue weighted by molar-refractivity contribution is 6.31. The lowest BCUT2D eigenvalue weighted by molar-refractivity contribution is 0.426. The molecule has 0 amide bonds. The summed E-state index contributed by atoms with van der Waals surface area (Å²) in [5.41, 5.74) is 1.74. The summed E-state index contributed by atoms with van der Waals surface area (Å²) >= 11 is 5.74. The number of nitrogens with zero attached hydrogens (tertiary/aromatic N) is 2. The Balaban J connectivity index is 1.98. The topological polar surface area (TPSA) is 29.9 Å². The number of rotatable bonds is 6. The average Bonchev–Trinajstić information content (AvgIpc) is 2.90. The van der Waals surface area contributed by atoms with E-state index in [-0.39, 0.29) is 5.02 Å². The molecular formula is C15H19ClFN3. The van der Waals surface area contributed by atoms with E-state index in [9.17, 15) is 4.39 Å². The molecule has 0 radical (unpaired) electrons. The lowest BCUT2D eigenvalue weighted by Gasteiger charge is -2.12. The van der Waals surface area contributed by atoms with Crippen LogP contribution in [0.1, 0.15) is 38.4 Å². The number of nitrogens with one attached hydrogen (secondary N) is 1. The Morgan fingerprint density at radius 1 is 1.30 bits per heavy atom. The molecule has 1 heterocycles. The molecule has 0 fully saturated rings. The third kappa shape index (κ3) is 3.51. The Bertz CT molecular complexity index is 564.